The first-order valence-electron chi connectivity index (χ1n) is 5.18. The molecule has 0 atom stereocenters. The van der Waals surface area contributed by atoms with Crippen LogP contribution < -0.4 is 5.32 Å². The van der Waals surface area contributed by atoms with Crippen LogP contribution in [0.25, 0.3) is 0 Å². The molecule has 1 N–H and O–H groups in total. The van der Waals surface area contributed by atoms with Gasteiger partial charge in [0.15, 0.2) is 0 Å². The van der Waals surface area contributed by atoms with Crippen molar-refractivity contribution < 1.29 is 4.58 Å². The standard InChI is InChI=1S/C12H18N2/c1-4-14(5-2)12(13-3)11-9-7-6-8-10-11/h6-10H,4-5H2,1-3H3/p+1. The maximum absolute atomic E-state index is 3.26. The van der Waals surface area contributed by atoms with Crippen molar-refractivity contribution in [2.24, 2.45) is 0 Å². The van der Waals surface area contributed by atoms with Crippen molar-refractivity contribution in [1.29, 1.82) is 0 Å². The molecule has 0 radical (unpaired) electrons. The van der Waals surface area contributed by atoms with Crippen molar-refractivity contribution >= 4 is 5.84 Å². The summed E-state index contributed by atoms with van der Waals surface area (Å²) in [5.41, 5.74) is 1.25. The summed E-state index contributed by atoms with van der Waals surface area (Å²) in [4.78, 5) is 0. The van der Waals surface area contributed by atoms with Gasteiger partial charge in [0.25, 0.3) is 5.84 Å². The normalized spacial score (nSPS) is 9.64. The minimum Gasteiger partial charge on any atom is -0.277 e. The van der Waals surface area contributed by atoms with E-state index < -0.39 is 0 Å². The van der Waals surface area contributed by atoms with Crippen LogP contribution in [0.3, 0.4) is 0 Å². The summed E-state index contributed by atoms with van der Waals surface area (Å²) in [5, 5.41) is 3.26. The second-order valence-electron chi connectivity index (χ2n) is 3.14. The molecule has 0 spiro atoms. The molecule has 0 bridgehead atoms. The highest BCUT2D eigenvalue weighted by Gasteiger charge is 2.10. The Morgan fingerprint density at radius 2 is 1.71 bits per heavy atom. The zero-order valence-corrected chi connectivity index (χ0v) is 9.25. The smallest absolute Gasteiger partial charge is 0.276 e. The van der Waals surface area contributed by atoms with Crippen molar-refractivity contribution in [3.8, 4) is 0 Å². The Hall–Kier alpha value is -1.31. The first kappa shape index (κ1) is 10.8. The maximum atomic E-state index is 3.26. The number of benzene rings is 1. The van der Waals surface area contributed by atoms with Gasteiger partial charge in [0.1, 0.15) is 0 Å². The molecule has 0 heterocycles. The van der Waals surface area contributed by atoms with Gasteiger partial charge in [0.2, 0.25) is 0 Å². The third kappa shape index (κ3) is 2.34. The van der Waals surface area contributed by atoms with Gasteiger partial charge in [0, 0.05) is 0 Å². The number of amidine groups is 1. The van der Waals surface area contributed by atoms with Gasteiger partial charge < -0.3 is 0 Å². The summed E-state index contributed by atoms with van der Waals surface area (Å²) >= 11 is 0. The molecule has 0 amide bonds. The second-order valence-corrected chi connectivity index (χ2v) is 3.14. The van der Waals surface area contributed by atoms with E-state index in [-0.39, 0.29) is 0 Å². The molecule has 0 fully saturated rings. The highest BCUT2D eigenvalue weighted by molar-refractivity contribution is 5.94. The van der Waals surface area contributed by atoms with Gasteiger partial charge in [0.05, 0.1) is 25.7 Å². The number of hydrogen-bond donors (Lipinski definition) is 1. The molecule has 0 aliphatic heterocycles. The third-order valence-electron chi connectivity index (χ3n) is 2.36. The quantitative estimate of drug-likeness (QED) is 0.436. The van der Waals surface area contributed by atoms with Crippen LogP contribution in [0.5, 0.6) is 0 Å². The minimum atomic E-state index is 1.03. The molecule has 1 aromatic rings. The molecule has 0 saturated heterocycles. The molecule has 76 valence electrons. The van der Waals surface area contributed by atoms with Crippen LogP contribution in [0.4, 0.5) is 0 Å². The molecular weight excluding hydrogens is 172 g/mol. The Balaban J connectivity index is 3.09. The molecule has 1 rings (SSSR count). The van der Waals surface area contributed by atoms with Gasteiger partial charge in [-0.2, -0.15) is 0 Å². The Morgan fingerprint density at radius 1 is 1.14 bits per heavy atom. The average molecular weight is 191 g/mol. The van der Waals surface area contributed by atoms with Crippen LogP contribution in [0.15, 0.2) is 30.3 Å². The van der Waals surface area contributed by atoms with Crippen molar-refractivity contribution in [3.63, 3.8) is 0 Å². The van der Waals surface area contributed by atoms with Crippen molar-refractivity contribution in [2.75, 3.05) is 20.1 Å². The third-order valence-corrected chi connectivity index (χ3v) is 2.36. The van der Waals surface area contributed by atoms with Crippen LogP contribution in [-0.4, -0.2) is 30.5 Å². The zero-order valence-electron chi connectivity index (χ0n) is 9.25. The fraction of sp³-hybridized carbons (Fsp3) is 0.417. The maximum Gasteiger partial charge on any atom is 0.276 e. The largest absolute Gasteiger partial charge is 0.277 e. The lowest BCUT2D eigenvalue weighted by Crippen LogP contribution is -2.32. The lowest BCUT2D eigenvalue weighted by atomic mass is 10.2. The molecule has 0 saturated carbocycles. The summed E-state index contributed by atoms with van der Waals surface area (Å²) in [6.07, 6.45) is 0. The highest BCUT2D eigenvalue weighted by atomic mass is 15.1. The van der Waals surface area contributed by atoms with E-state index in [1.54, 1.807) is 0 Å². The van der Waals surface area contributed by atoms with Gasteiger partial charge in [-0.25, -0.2) is 0 Å². The molecule has 2 nitrogen and oxygen atoms in total. The Morgan fingerprint density at radius 3 is 2.14 bits per heavy atom. The highest BCUT2D eigenvalue weighted by Crippen LogP contribution is 1.99. The summed E-state index contributed by atoms with van der Waals surface area (Å²) in [6.45, 7) is 6.40. The first-order valence-corrected chi connectivity index (χ1v) is 5.18. The van der Waals surface area contributed by atoms with E-state index in [1.165, 1.54) is 11.4 Å². The number of rotatable bonds is 3. The SMILES string of the molecule is CC[N+](CC)=C(NC)c1ccccc1. The summed E-state index contributed by atoms with van der Waals surface area (Å²) in [7, 11) is 1.97. The minimum absolute atomic E-state index is 1.03. The van der Waals surface area contributed by atoms with Crippen LogP contribution in [-0.2, 0) is 0 Å². The molecular formula is C12H19N2+. The van der Waals surface area contributed by atoms with Crippen LogP contribution in [0, 0.1) is 0 Å². The van der Waals surface area contributed by atoms with E-state index >= 15 is 0 Å². The first-order chi connectivity index (χ1) is 6.83. The number of hydrogen-bond acceptors (Lipinski definition) is 0. The topological polar surface area (TPSA) is 15.0 Å². The second kappa shape index (κ2) is 5.43. The summed E-state index contributed by atoms with van der Waals surface area (Å²) in [5.74, 6) is 1.20. The van der Waals surface area contributed by atoms with Gasteiger partial charge in [-0.1, -0.05) is 18.2 Å². The van der Waals surface area contributed by atoms with Crippen molar-refractivity contribution in [1.82, 2.24) is 5.32 Å². The van der Waals surface area contributed by atoms with Gasteiger partial charge in [-0.3, -0.25) is 9.89 Å². The van der Waals surface area contributed by atoms with Crippen molar-refractivity contribution in [2.45, 2.75) is 13.8 Å². The average Bonchev–Trinajstić information content (AvgIpc) is 2.27. The van der Waals surface area contributed by atoms with E-state index in [1.807, 2.05) is 13.1 Å². The van der Waals surface area contributed by atoms with Crippen molar-refractivity contribution in [3.05, 3.63) is 35.9 Å². The lowest BCUT2D eigenvalue weighted by molar-refractivity contribution is -0.522. The molecule has 1 aromatic carbocycles. The van der Waals surface area contributed by atoms with E-state index in [0.29, 0.717) is 0 Å². The van der Waals surface area contributed by atoms with E-state index in [2.05, 4.69) is 48.0 Å². The molecule has 14 heavy (non-hydrogen) atoms. The predicted molar refractivity (Wildman–Crippen MR) is 61.0 cm³/mol. The van der Waals surface area contributed by atoms with Crippen LogP contribution in [0.1, 0.15) is 19.4 Å². The van der Waals surface area contributed by atoms with Crippen LogP contribution in [0.2, 0.25) is 0 Å². The fourth-order valence-electron chi connectivity index (χ4n) is 1.62. The number of nitrogens with zero attached hydrogens (tertiary/aromatic N) is 1. The molecule has 2 heteroatoms. The van der Waals surface area contributed by atoms with Gasteiger partial charge in [-0.05, 0) is 26.0 Å². The summed E-state index contributed by atoms with van der Waals surface area (Å²) < 4.78 is 2.31. The predicted octanol–water partition coefficient (Wildman–Crippen LogP) is 1.70. The molecule has 0 aliphatic rings. The van der Waals surface area contributed by atoms with Gasteiger partial charge >= 0.3 is 0 Å². The van der Waals surface area contributed by atoms with E-state index in [4.69, 9.17) is 0 Å². The van der Waals surface area contributed by atoms with Gasteiger partial charge in [-0.15, -0.1) is 0 Å². The lowest BCUT2D eigenvalue weighted by Gasteiger charge is -2.07. The fourth-order valence-corrected chi connectivity index (χ4v) is 1.62. The Labute approximate surface area is 86.3 Å². The monoisotopic (exact) mass is 191 g/mol. The van der Waals surface area contributed by atoms with Crippen LogP contribution >= 0.6 is 0 Å². The molecule has 0 aromatic heterocycles. The molecule has 0 aliphatic carbocycles. The Bertz CT molecular complexity index is 295. The van der Waals surface area contributed by atoms with E-state index in [9.17, 15) is 0 Å². The number of nitrogens with one attached hydrogen (secondary N) is 1. The van der Waals surface area contributed by atoms with E-state index in [0.717, 1.165) is 13.1 Å². The zero-order chi connectivity index (χ0) is 10.4. The summed E-state index contributed by atoms with van der Waals surface area (Å²) in [6, 6.07) is 10.4. The molecule has 0 unspecified atom stereocenters. The Kier molecular flexibility index (Phi) is 4.17.